The predicted molar refractivity (Wildman–Crippen MR) is 112 cm³/mol. The zero-order valence-electron chi connectivity index (χ0n) is 15.9. The number of nitrogens with two attached hydrogens (primary N) is 1. The quantitative estimate of drug-likeness (QED) is 0.699. The standard InChI is InChI=1S/C22H22FN5O/c23-16-7-3-2-6-15(16)18-9-8-17(24)21(26-18)22(29)27-19-14-25-11-10-20(19)28-12-4-1-5-13-28/h2-3,6-11,14H,1,4-5,12-13,24H2,(H,27,29). The molecule has 3 N–H and O–H groups in total. The molecule has 1 aromatic carbocycles. The van der Waals surface area contributed by atoms with Gasteiger partial charge in [-0.3, -0.25) is 9.78 Å². The number of nitrogens with zero attached hydrogens (tertiary/aromatic N) is 3. The van der Waals surface area contributed by atoms with E-state index in [1.807, 2.05) is 6.07 Å². The number of pyridine rings is 2. The van der Waals surface area contributed by atoms with Crippen molar-refractivity contribution < 1.29 is 9.18 Å². The molecular weight excluding hydrogens is 369 g/mol. The molecule has 0 spiro atoms. The van der Waals surface area contributed by atoms with Crippen molar-refractivity contribution in [2.24, 2.45) is 0 Å². The van der Waals surface area contributed by atoms with Gasteiger partial charge in [0.25, 0.3) is 5.91 Å². The number of piperidine rings is 1. The van der Waals surface area contributed by atoms with E-state index in [0.29, 0.717) is 16.9 Å². The first-order valence-electron chi connectivity index (χ1n) is 9.65. The van der Waals surface area contributed by atoms with Crippen LogP contribution in [0.3, 0.4) is 0 Å². The average molecular weight is 391 g/mol. The molecule has 1 aliphatic heterocycles. The molecule has 2 aromatic heterocycles. The number of carbonyl (C=O) groups is 1. The van der Waals surface area contributed by atoms with Crippen LogP contribution < -0.4 is 16.0 Å². The number of anilines is 3. The van der Waals surface area contributed by atoms with Crippen LogP contribution >= 0.6 is 0 Å². The molecule has 0 aliphatic carbocycles. The van der Waals surface area contributed by atoms with E-state index < -0.39 is 11.7 Å². The van der Waals surface area contributed by atoms with Gasteiger partial charge in [-0.2, -0.15) is 0 Å². The van der Waals surface area contributed by atoms with Gasteiger partial charge in [0, 0.05) is 24.8 Å². The van der Waals surface area contributed by atoms with Gasteiger partial charge in [-0.1, -0.05) is 12.1 Å². The lowest BCUT2D eigenvalue weighted by atomic mass is 10.1. The lowest BCUT2D eigenvalue weighted by Crippen LogP contribution is -2.30. The summed E-state index contributed by atoms with van der Waals surface area (Å²) in [4.78, 5) is 23.7. The second-order valence-electron chi connectivity index (χ2n) is 7.01. The maximum atomic E-state index is 14.1. The number of halogens is 1. The van der Waals surface area contributed by atoms with Gasteiger partial charge in [-0.15, -0.1) is 0 Å². The highest BCUT2D eigenvalue weighted by molar-refractivity contribution is 6.07. The number of hydrogen-bond acceptors (Lipinski definition) is 5. The molecule has 3 aromatic rings. The highest BCUT2D eigenvalue weighted by atomic mass is 19.1. The molecule has 0 atom stereocenters. The Morgan fingerprint density at radius 1 is 1.07 bits per heavy atom. The lowest BCUT2D eigenvalue weighted by Gasteiger charge is -2.30. The van der Waals surface area contributed by atoms with Gasteiger partial charge in [0.05, 0.1) is 29.0 Å². The van der Waals surface area contributed by atoms with Crippen LogP contribution in [0.1, 0.15) is 29.8 Å². The van der Waals surface area contributed by atoms with Crippen molar-refractivity contribution in [2.75, 3.05) is 29.0 Å². The van der Waals surface area contributed by atoms with E-state index in [-0.39, 0.29) is 11.4 Å². The minimum absolute atomic E-state index is 0.0548. The van der Waals surface area contributed by atoms with Crippen molar-refractivity contribution in [3.8, 4) is 11.3 Å². The lowest BCUT2D eigenvalue weighted by molar-refractivity contribution is 0.102. The summed E-state index contributed by atoms with van der Waals surface area (Å²) in [5.74, 6) is -0.859. The second kappa shape index (κ2) is 8.26. The number of carbonyl (C=O) groups excluding carboxylic acids is 1. The number of amides is 1. The molecule has 0 saturated carbocycles. The first-order chi connectivity index (χ1) is 14.1. The summed E-state index contributed by atoms with van der Waals surface area (Å²) in [5.41, 5.74) is 8.48. The third kappa shape index (κ3) is 4.03. The summed E-state index contributed by atoms with van der Waals surface area (Å²) in [6, 6.07) is 11.4. The smallest absolute Gasteiger partial charge is 0.276 e. The molecule has 1 saturated heterocycles. The Bertz CT molecular complexity index is 1030. The van der Waals surface area contributed by atoms with E-state index in [1.165, 1.54) is 12.5 Å². The van der Waals surface area contributed by atoms with Crippen LogP contribution in [0.4, 0.5) is 21.5 Å². The van der Waals surface area contributed by atoms with Crippen molar-refractivity contribution in [1.82, 2.24) is 9.97 Å². The Morgan fingerprint density at radius 2 is 1.86 bits per heavy atom. The van der Waals surface area contributed by atoms with Crippen molar-refractivity contribution >= 4 is 23.0 Å². The van der Waals surface area contributed by atoms with Crippen molar-refractivity contribution in [3.63, 3.8) is 0 Å². The van der Waals surface area contributed by atoms with E-state index in [1.54, 1.807) is 42.7 Å². The SMILES string of the molecule is Nc1ccc(-c2ccccc2F)nc1C(=O)Nc1cnccc1N1CCCCC1. The van der Waals surface area contributed by atoms with Gasteiger partial charge in [0.1, 0.15) is 5.82 Å². The van der Waals surface area contributed by atoms with E-state index in [4.69, 9.17) is 5.73 Å². The summed E-state index contributed by atoms with van der Waals surface area (Å²) < 4.78 is 14.1. The normalized spacial score (nSPS) is 13.9. The van der Waals surface area contributed by atoms with Gasteiger partial charge in [0.2, 0.25) is 0 Å². The van der Waals surface area contributed by atoms with Crippen LogP contribution in [0.25, 0.3) is 11.3 Å². The topological polar surface area (TPSA) is 84.1 Å². The van der Waals surface area contributed by atoms with Crippen molar-refractivity contribution in [1.29, 1.82) is 0 Å². The Balaban J connectivity index is 1.63. The number of aromatic nitrogens is 2. The Morgan fingerprint density at radius 3 is 2.66 bits per heavy atom. The van der Waals surface area contributed by atoms with E-state index >= 15 is 0 Å². The molecule has 0 radical (unpaired) electrons. The largest absolute Gasteiger partial charge is 0.397 e. The van der Waals surface area contributed by atoms with Crippen LogP contribution in [0.2, 0.25) is 0 Å². The maximum absolute atomic E-state index is 14.1. The molecule has 6 nitrogen and oxygen atoms in total. The Kier molecular flexibility index (Phi) is 5.37. The van der Waals surface area contributed by atoms with Gasteiger partial charge in [-0.05, 0) is 49.6 Å². The molecule has 1 aliphatic rings. The number of nitrogens with one attached hydrogen (secondary N) is 1. The Hall–Kier alpha value is -3.48. The Labute approximate surface area is 168 Å². The molecule has 0 bridgehead atoms. The molecule has 0 unspecified atom stereocenters. The summed E-state index contributed by atoms with van der Waals surface area (Å²) in [5, 5.41) is 2.88. The van der Waals surface area contributed by atoms with Gasteiger partial charge >= 0.3 is 0 Å². The fraction of sp³-hybridized carbons (Fsp3) is 0.227. The fourth-order valence-electron chi connectivity index (χ4n) is 3.55. The minimum Gasteiger partial charge on any atom is -0.397 e. The van der Waals surface area contributed by atoms with Gasteiger partial charge < -0.3 is 16.0 Å². The maximum Gasteiger partial charge on any atom is 0.276 e. The summed E-state index contributed by atoms with van der Waals surface area (Å²) >= 11 is 0. The van der Waals surface area contributed by atoms with E-state index in [9.17, 15) is 9.18 Å². The van der Waals surface area contributed by atoms with Gasteiger partial charge in [-0.25, -0.2) is 9.37 Å². The predicted octanol–water partition coefficient (Wildman–Crippen LogP) is 4.11. The summed E-state index contributed by atoms with van der Waals surface area (Å²) in [7, 11) is 0. The van der Waals surface area contributed by atoms with Crippen molar-refractivity contribution in [3.05, 3.63) is 66.4 Å². The van der Waals surface area contributed by atoms with Crippen LogP contribution in [0.5, 0.6) is 0 Å². The first kappa shape index (κ1) is 18.9. The molecule has 7 heteroatoms. The monoisotopic (exact) mass is 391 g/mol. The van der Waals surface area contributed by atoms with Crippen LogP contribution in [-0.2, 0) is 0 Å². The molecule has 4 rings (SSSR count). The molecule has 29 heavy (non-hydrogen) atoms. The van der Waals surface area contributed by atoms with Crippen molar-refractivity contribution in [2.45, 2.75) is 19.3 Å². The molecular formula is C22H22FN5O. The van der Waals surface area contributed by atoms with E-state index in [2.05, 4.69) is 20.2 Å². The van der Waals surface area contributed by atoms with Crippen LogP contribution in [-0.4, -0.2) is 29.0 Å². The zero-order valence-corrected chi connectivity index (χ0v) is 15.9. The third-order valence-electron chi connectivity index (χ3n) is 5.03. The number of hydrogen-bond donors (Lipinski definition) is 2. The summed E-state index contributed by atoms with van der Waals surface area (Å²) in [6.07, 6.45) is 6.79. The second-order valence-corrected chi connectivity index (χ2v) is 7.01. The first-order valence-corrected chi connectivity index (χ1v) is 9.65. The van der Waals surface area contributed by atoms with Crippen LogP contribution in [0.15, 0.2) is 54.9 Å². The highest BCUT2D eigenvalue weighted by Gasteiger charge is 2.19. The number of benzene rings is 1. The van der Waals surface area contributed by atoms with Gasteiger partial charge in [0.15, 0.2) is 5.69 Å². The average Bonchev–Trinajstić information content (AvgIpc) is 2.75. The van der Waals surface area contributed by atoms with Crippen LogP contribution in [0, 0.1) is 5.82 Å². The molecule has 1 amide bonds. The zero-order chi connectivity index (χ0) is 20.2. The highest BCUT2D eigenvalue weighted by Crippen LogP contribution is 2.29. The molecule has 3 heterocycles. The number of nitrogen functional groups attached to an aromatic ring is 1. The minimum atomic E-state index is -0.452. The fourth-order valence-corrected chi connectivity index (χ4v) is 3.55. The third-order valence-corrected chi connectivity index (χ3v) is 5.03. The molecule has 148 valence electrons. The number of rotatable bonds is 4. The van der Waals surface area contributed by atoms with E-state index in [0.717, 1.165) is 31.6 Å². The molecule has 1 fully saturated rings. The summed E-state index contributed by atoms with van der Waals surface area (Å²) in [6.45, 7) is 1.88.